The van der Waals surface area contributed by atoms with E-state index in [1.807, 2.05) is 24.3 Å². The number of aromatic nitrogens is 2. The van der Waals surface area contributed by atoms with Gasteiger partial charge in [-0.2, -0.15) is 0 Å². The van der Waals surface area contributed by atoms with Crippen LogP contribution in [0.15, 0.2) is 48.5 Å². The largest absolute Gasteiger partial charge is 0.465 e. The molecule has 0 amide bonds. The third-order valence-electron chi connectivity index (χ3n) is 4.82. The van der Waals surface area contributed by atoms with Crippen molar-refractivity contribution in [2.45, 2.75) is 6.54 Å². The highest BCUT2D eigenvalue weighted by atomic mass is 35.5. The van der Waals surface area contributed by atoms with E-state index in [2.05, 4.69) is 10.3 Å². The van der Waals surface area contributed by atoms with Crippen molar-refractivity contribution in [3.05, 3.63) is 64.0 Å². The van der Waals surface area contributed by atoms with Crippen molar-refractivity contribution in [3.63, 3.8) is 0 Å². The van der Waals surface area contributed by atoms with Crippen molar-refractivity contribution in [3.8, 4) is 22.9 Å². The minimum absolute atomic E-state index is 0.240. The lowest BCUT2D eigenvalue weighted by Crippen LogP contribution is -2.04. The third kappa shape index (κ3) is 3.87. The van der Waals surface area contributed by atoms with Gasteiger partial charge in [-0.25, -0.2) is 14.8 Å². The predicted molar refractivity (Wildman–Crippen MR) is 119 cm³/mol. The summed E-state index contributed by atoms with van der Waals surface area (Å²) in [6.07, 6.45) is 0. The molecule has 0 radical (unpaired) electrons. The minimum atomic E-state index is -0.390. The second kappa shape index (κ2) is 8.05. The molecule has 5 rings (SSSR count). The summed E-state index contributed by atoms with van der Waals surface area (Å²) in [5, 5.41) is 4.24. The molecule has 0 aliphatic carbocycles. The molecule has 0 unspecified atom stereocenters. The molecule has 0 saturated heterocycles. The number of benzene rings is 2. The van der Waals surface area contributed by atoms with Gasteiger partial charge in [-0.1, -0.05) is 29.8 Å². The Bertz CT molecular complexity index is 1290. The van der Waals surface area contributed by atoms with Crippen LogP contribution in [0.2, 0.25) is 4.34 Å². The Morgan fingerprint density at radius 1 is 1.13 bits per heavy atom. The molecule has 0 atom stereocenters. The number of carbonyl (C=O) groups excluding carboxylic acids is 1. The fourth-order valence-electron chi connectivity index (χ4n) is 3.27. The van der Waals surface area contributed by atoms with Gasteiger partial charge < -0.3 is 19.5 Å². The van der Waals surface area contributed by atoms with Gasteiger partial charge in [0.25, 0.3) is 0 Å². The average molecular weight is 454 g/mol. The van der Waals surface area contributed by atoms with E-state index in [1.54, 1.807) is 24.3 Å². The van der Waals surface area contributed by atoms with Crippen LogP contribution >= 0.6 is 22.9 Å². The summed E-state index contributed by atoms with van der Waals surface area (Å²) < 4.78 is 16.2. The van der Waals surface area contributed by atoms with E-state index >= 15 is 0 Å². The summed E-state index contributed by atoms with van der Waals surface area (Å²) in [7, 11) is 1.35. The number of halogens is 1. The van der Waals surface area contributed by atoms with Crippen LogP contribution in [0, 0.1) is 0 Å². The SMILES string of the molecule is COC(=O)c1ccc(-c2nc(NCc3ccc4c(c3)OCO4)c3cc(Cl)sc3n2)cc1. The van der Waals surface area contributed by atoms with Crippen LogP contribution in [-0.2, 0) is 11.3 Å². The number of nitrogens with one attached hydrogen (secondary N) is 1. The quantitative estimate of drug-likeness (QED) is 0.419. The van der Waals surface area contributed by atoms with Crippen LogP contribution in [0.25, 0.3) is 21.6 Å². The summed E-state index contributed by atoms with van der Waals surface area (Å²) >= 11 is 7.64. The molecule has 1 N–H and O–H groups in total. The summed E-state index contributed by atoms with van der Waals surface area (Å²) in [6, 6.07) is 14.6. The lowest BCUT2D eigenvalue weighted by Gasteiger charge is -2.10. The maximum Gasteiger partial charge on any atom is 0.337 e. The van der Waals surface area contributed by atoms with E-state index in [-0.39, 0.29) is 12.8 Å². The number of thiophene rings is 1. The first-order valence-electron chi connectivity index (χ1n) is 9.39. The lowest BCUT2D eigenvalue weighted by molar-refractivity contribution is 0.0600. The molecule has 4 aromatic rings. The fourth-order valence-corrected chi connectivity index (χ4v) is 4.35. The Morgan fingerprint density at radius 3 is 2.74 bits per heavy atom. The van der Waals surface area contributed by atoms with Crippen molar-refractivity contribution in [2.75, 3.05) is 19.2 Å². The number of ether oxygens (including phenoxy) is 3. The first kappa shape index (κ1) is 19.6. The number of hydrogen-bond donors (Lipinski definition) is 1. The standard InChI is InChI=1S/C22H16ClN3O4S/c1-28-22(27)14-5-3-13(4-6-14)19-25-20(15-9-18(23)31-21(15)26-19)24-10-12-2-7-16-17(8-12)30-11-29-16/h2-9H,10-11H2,1H3,(H,24,25,26). The first-order chi connectivity index (χ1) is 15.1. The molecule has 3 heterocycles. The number of rotatable bonds is 5. The van der Waals surface area contributed by atoms with E-state index in [0.717, 1.165) is 32.8 Å². The normalized spacial score (nSPS) is 12.2. The number of fused-ring (bicyclic) bond motifs is 2. The van der Waals surface area contributed by atoms with Crippen molar-refractivity contribution in [2.24, 2.45) is 0 Å². The molecule has 0 bridgehead atoms. The highest BCUT2D eigenvalue weighted by Gasteiger charge is 2.16. The van der Waals surface area contributed by atoms with Gasteiger partial charge in [0.2, 0.25) is 6.79 Å². The monoisotopic (exact) mass is 453 g/mol. The van der Waals surface area contributed by atoms with Crippen LogP contribution in [-0.4, -0.2) is 29.8 Å². The molecule has 0 fully saturated rings. The highest BCUT2D eigenvalue weighted by Crippen LogP contribution is 2.35. The van der Waals surface area contributed by atoms with Crippen LogP contribution in [0.4, 0.5) is 5.82 Å². The fraction of sp³-hybridized carbons (Fsp3) is 0.136. The summed E-state index contributed by atoms with van der Waals surface area (Å²) in [4.78, 5) is 21.8. The maximum atomic E-state index is 11.7. The molecular formula is C22H16ClN3O4S. The Labute approximate surface area is 186 Å². The first-order valence-corrected chi connectivity index (χ1v) is 10.6. The lowest BCUT2D eigenvalue weighted by atomic mass is 10.1. The average Bonchev–Trinajstić information content (AvgIpc) is 3.42. The van der Waals surface area contributed by atoms with Crippen LogP contribution in [0.5, 0.6) is 11.5 Å². The van der Waals surface area contributed by atoms with Gasteiger partial charge in [-0.3, -0.25) is 0 Å². The van der Waals surface area contributed by atoms with E-state index in [9.17, 15) is 4.79 Å². The zero-order chi connectivity index (χ0) is 21.4. The Morgan fingerprint density at radius 2 is 1.94 bits per heavy atom. The third-order valence-corrected chi connectivity index (χ3v) is 5.98. The van der Waals surface area contributed by atoms with Gasteiger partial charge in [0.05, 0.1) is 22.4 Å². The summed E-state index contributed by atoms with van der Waals surface area (Å²) in [6.45, 7) is 0.779. The number of nitrogens with zero attached hydrogens (tertiary/aromatic N) is 2. The van der Waals surface area contributed by atoms with Crippen LogP contribution < -0.4 is 14.8 Å². The Balaban J connectivity index is 1.46. The van der Waals surface area contributed by atoms with Crippen molar-refractivity contribution in [1.82, 2.24) is 9.97 Å². The molecule has 2 aromatic carbocycles. The number of hydrogen-bond acceptors (Lipinski definition) is 8. The number of anilines is 1. The zero-order valence-electron chi connectivity index (χ0n) is 16.3. The molecular weight excluding hydrogens is 438 g/mol. The summed E-state index contributed by atoms with van der Waals surface area (Å²) in [5.41, 5.74) is 2.28. The molecule has 1 aliphatic rings. The molecule has 0 spiro atoms. The van der Waals surface area contributed by atoms with E-state index in [0.29, 0.717) is 28.1 Å². The molecule has 2 aromatic heterocycles. The van der Waals surface area contributed by atoms with Gasteiger partial charge >= 0.3 is 5.97 Å². The molecule has 9 heteroatoms. The van der Waals surface area contributed by atoms with Crippen LogP contribution in [0.3, 0.4) is 0 Å². The molecule has 7 nitrogen and oxygen atoms in total. The van der Waals surface area contributed by atoms with Gasteiger partial charge in [-0.05, 0) is 35.9 Å². The number of methoxy groups -OCH3 is 1. The van der Waals surface area contributed by atoms with Gasteiger partial charge in [-0.15, -0.1) is 11.3 Å². The Hall–Kier alpha value is -3.36. The molecule has 31 heavy (non-hydrogen) atoms. The van der Waals surface area contributed by atoms with Gasteiger partial charge in [0.15, 0.2) is 17.3 Å². The highest BCUT2D eigenvalue weighted by molar-refractivity contribution is 7.22. The zero-order valence-corrected chi connectivity index (χ0v) is 17.9. The maximum absolute atomic E-state index is 11.7. The van der Waals surface area contributed by atoms with Gasteiger partial charge in [0.1, 0.15) is 10.6 Å². The second-order valence-electron chi connectivity index (χ2n) is 6.78. The summed E-state index contributed by atoms with van der Waals surface area (Å²) in [5.74, 6) is 2.31. The van der Waals surface area contributed by atoms with Crippen molar-refractivity contribution >= 4 is 44.9 Å². The second-order valence-corrected chi connectivity index (χ2v) is 8.44. The van der Waals surface area contributed by atoms with Gasteiger partial charge in [0, 0.05) is 12.1 Å². The smallest absolute Gasteiger partial charge is 0.337 e. The topological polar surface area (TPSA) is 82.6 Å². The molecule has 156 valence electrons. The van der Waals surface area contributed by atoms with E-state index in [4.69, 9.17) is 30.8 Å². The van der Waals surface area contributed by atoms with E-state index < -0.39 is 0 Å². The van der Waals surface area contributed by atoms with Crippen LogP contribution in [0.1, 0.15) is 15.9 Å². The Kier molecular flexibility index (Phi) is 5.09. The van der Waals surface area contributed by atoms with E-state index in [1.165, 1.54) is 18.4 Å². The molecule has 1 aliphatic heterocycles. The van der Waals surface area contributed by atoms with Crippen molar-refractivity contribution < 1.29 is 19.0 Å². The van der Waals surface area contributed by atoms with Crippen molar-refractivity contribution in [1.29, 1.82) is 0 Å². The molecule has 0 saturated carbocycles. The number of carbonyl (C=O) groups is 1. The number of esters is 1. The minimum Gasteiger partial charge on any atom is -0.465 e. The predicted octanol–water partition coefficient (Wildman–Crippen LogP) is 5.14.